The SMILES string of the molecule is CC(=O)N1CCN([C@@H]2CN(Cc3ccn(C)c(=O)c3)C[C@H]2C)CC1. The van der Waals surface area contributed by atoms with Gasteiger partial charge < -0.3 is 9.47 Å². The number of piperazine rings is 1. The number of carbonyl (C=O) groups excluding carboxylic acids is 1. The summed E-state index contributed by atoms with van der Waals surface area (Å²) < 4.78 is 1.60. The quantitative estimate of drug-likeness (QED) is 0.802. The molecule has 2 saturated heterocycles. The van der Waals surface area contributed by atoms with E-state index in [-0.39, 0.29) is 11.5 Å². The first kappa shape index (κ1) is 17.2. The van der Waals surface area contributed by atoms with Crippen LogP contribution in [0.25, 0.3) is 0 Å². The Morgan fingerprint density at radius 3 is 2.54 bits per heavy atom. The van der Waals surface area contributed by atoms with Gasteiger partial charge in [-0.05, 0) is 17.5 Å². The van der Waals surface area contributed by atoms with Gasteiger partial charge in [0.15, 0.2) is 0 Å². The molecule has 6 nitrogen and oxygen atoms in total. The fourth-order valence-electron chi connectivity index (χ4n) is 3.97. The van der Waals surface area contributed by atoms with Crippen molar-refractivity contribution in [1.29, 1.82) is 0 Å². The summed E-state index contributed by atoms with van der Waals surface area (Å²) in [5.74, 6) is 0.793. The van der Waals surface area contributed by atoms with Crippen molar-refractivity contribution in [2.75, 3.05) is 39.3 Å². The third kappa shape index (κ3) is 3.70. The summed E-state index contributed by atoms with van der Waals surface area (Å²) in [4.78, 5) is 30.2. The summed E-state index contributed by atoms with van der Waals surface area (Å²) in [6.07, 6.45) is 1.84. The largest absolute Gasteiger partial charge is 0.340 e. The van der Waals surface area contributed by atoms with E-state index >= 15 is 0 Å². The highest BCUT2D eigenvalue weighted by Crippen LogP contribution is 2.24. The van der Waals surface area contributed by atoms with Gasteiger partial charge in [-0.3, -0.25) is 19.4 Å². The third-order valence-electron chi connectivity index (χ3n) is 5.45. The number of pyridine rings is 1. The number of rotatable bonds is 3. The van der Waals surface area contributed by atoms with E-state index in [9.17, 15) is 9.59 Å². The predicted octanol–water partition coefficient (Wildman–Crippen LogP) is 0.370. The molecule has 0 radical (unpaired) electrons. The summed E-state index contributed by atoms with van der Waals surface area (Å²) in [7, 11) is 1.78. The Morgan fingerprint density at radius 1 is 1.21 bits per heavy atom. The van der Waals surface area contributed by atoms with Crippen LogP contribution in [0.15, 0.2) is 23.1 Å². The number of hydrogen-bond acceptors (Lipinski definition) is 4. The van der Waals surface area contributed by atoms with Crippen molar-refractivity contribution in [2.24, 2.45) is 13.0 Å². The molecule has 2 atom stereocenters. The summed E-state index contributed by atoms with van der Waals surface area (Å²) in [6.45, 7) is 10.5. The lowest BCUT2D eigenvalue weighted by Crippen LogP contribution is -2.53. The van der Waals surface area contributed by atoms with Gasteiger partial charge in [-0.25, -0.2) is 0 Å². The maximum atomic E-state index is 11.8. The topological polar surface area (TPSA) is 48.8 Å². The molecule has 132 valence electrons. The predicted molar refractivity (Wildman–Crippen MR) is 93.7 cm³/mol. The van der Waals surface area contributed by atoms with Crippen LogP contribution in [0.3, 0.4) is 0 Å². The van der Waals surface area contributed by atoms with Crippen LogP contribution < -0.4 is 5.56 Å². The van der Waals surface area contributed by atoms with Gasteiger partial charge in [-0.2, -0.15) is 0 Å². The fraction of sp³-hybridized carbons (Fsp3) is 0.667. The summed E-state index contributed by atoms with van der Waals surface area (Å²) in [6, 6.07) is 4.32. The summed E-state index contributed by atoms with van der Waals surface area (Å²) in [5.41, 5.74) is 1.14. The molecule has 0 unspecified atom stereocenters. The van der Waals surface area contributed by atoms with Gasteiger partial charge in [0.05, 0.1) is 0 Å². The van der Waals surface area contributed by atoms with Gasteiger partial charge in [0.2, 0.25) is 5.91 Å². The van der Waals surface area contributed by atoms with Crippen molar-refractivity contribution in [3.63, 3.8) is 0 Å². The lowest BCUT2D eigenvalue weighted by atomic mass is 10.0. The average molecular weight is 332 g/mol. The number of likely N-dealkylation sites (tertiary alicyclic amines) is 1. The number of aromatic nitrogens is 1. The number of carbonyl (C=O) groups is 1. The van der Waals surface area contributed by atoms with Crippen molar-refractivity contribution >= 4 is 5.91 Å². The Labute approximate surface area is 143 Å². The third-order valence-corrected chi connectivity index (χ3v) is 5.45. The number of aryl methyl sites for hydroxylation is 1. The molecular weight excluding hydrogens is 304 g/mol. The first-order chi connectivity index (χ1) is 11.4. The molecule has 1 amide bonds. The van der Waals surface area contributed by atoms with E-state index in [4.69, 9.17) is 0 Å². The van der Waals surface area contributed by atoms with Gasteiger partial charge >= 0.3 is 0 Å². The maximum absolute atomic E-state index is 11.8. The van der Waals surface area contributed by atoms with Gasteiger partial charge in [0, 0.05) is 78.1 Å². The van der Waals surface area contributed by atoms with Gasteiger partial charge in [0.25, 0.3) is 5.56 Å². The molecule has 24 heavy (non-hydrogen) atoms. The molecule has 6 heteroatoms. The smallest absolute Gasteiger partial charge is 0.250 e. The first-order valence-corrected chi connectivity index (χ1v) is 8.81. The monoisotopic (exact) mass is 332 g/mol. The molecule has 1 aromatic rings. The lowest BCUT2D eigenvalue weighted by Gasteiger charge is -2.39. The van der Waals surface area contributed by atoms with E-state index in [1.54, 1.807) is 24.6 Å². The molecule has 3 rings (SSSR count). The van der Waals surface area contributed by atoms with Crippen LogP contribution in [0.4, 0.5) is 0 Å². The van der Waals surface area contributed by atoms with E-state index in [0.29, 0.717) is 12.0 Å². The minimum atomic E-state index is 0.0525. The lowest BCUT2D eigenvalue weighted by molar-refractivity contribution is -0.130. The molecule has 2 fully saturated rings. The maximum Gasteiger partial charge on any atom is 0.250 e. The summed E-state index contributed by atoms with van der Waals surface area (Å²) in [5, 5.41) is 0. The van der Waals surface area contributed by atoms with Crippen LogP contribution in [0, 0.1) is 5.92 Å². The molecule has 1 aromatic heterocycles. The molecule has 0 spiro atoms. The number of hydrogen-bond donors (Lipinski definition) is 0. The highest BCUT2D eigenvalue weighted by Gasteiger charge is 2.35. The molecule has 0 bridgehead atoms. The summed E-state index contributed by atoms with van der Waals surface area (Å²) >= 11 is 0. The fourth-order valence-corrected chi connectivity index (χ4v) is 3.97. The highest BCUT2D eigenvalue weighted by atomic mass is 16.2. The van der Waals surface area contributed by atoms with E-state index in [0.717, 1.165) is 51.4 Å². The second-order valence-corrected chi connectivity index (χ2v) is 7.26. The molecule has 0 N–H and O–H groups in total. The standard InChI is InChI=1S/C18H28N4O2/c1-14-11-20(12-16-4-5-19(3)18(24)10-16)13-17(14)22-8-6-21(7-9-22)15(2)23/h4-5,10,14,17H,6-9,11-13H2,1-3H3/t14-,17-/m1/s1. The van der Waals surface area contributed by atoms with E-state index < -0.39 is 0 Å². The van der Waals surface area contributed by atoms with Crippen LogP contribution in [0.2, 0.25) is 0 Å². The van der Waals surface area contributed by atoms with Crippen molar-refractivity contribution in [1.82, 2.24) is 19.3 Å². The van der Waals surface area contributed by atoms with Gasteiger partial charge in [-0.1, -0.05) is 6.92 Å². The van der Waals surface area contributed by atoms with Crippen LogP contribution in [0.5, 0.6) is 0 Å². The second kappa shape index (κ2) is 7.07. The Balaban J connectivity index is 1.57. The Kier molecular flexibility index (Phi) is 5.06. The molecule has 2 aliphatic rings. The van der Waals surface area contributed by atoms with Crippen molar-refractivity contribution < 1.29 is 4.79 Å². The zero-order valence-electron chi connectivity index (χ0n) is 14.9. The highest BCUT2D eigenvalue weighted by molar-refractivity contribution is 5.73. The number of nitrogens with zero attached hydrogens (tertiary/aromatic N) is 4. The normalized spacial score (nSPS) is 26.0. The van der Waals surface area contributed by atoms with Crippen LogP contribution in [-0.4, -0.2) is 70.5 Å². The molecular formula is C18H28N4O2. The molecule has 3 heterocycles. The van der Waals surface area contributed by atoms with E-state index in [1.807, 2.05) is 17.2 Å². The van der Waals surface area contributed by atoms with Gasteiger partial charge in [0.1, 0.15) is 0 Å². The van der Waals surface area contributed by atoms with Crippen LogP contribution in [0.1, 0.15) is 19.4 Å². The Bertz CT molecular complexity index is 649. The Hall–Kier alpha value is -1.66. The molecule has 0 aromatic carbocycles. The first-order valence-electron chi connectivity index (χ1n) is 8.81. The van der Waals surface area contributed by atoms with Crippen molar-refractivity contribution in [3.8, 4) is 0 Å². The Morgan fingerprint density at radius 2 is 1.92 bits per heavy atom. The minimum absolute atomic E-state index is 0.0525. The van der Waals surface area contributed by atoms with E-state index in [2.05, 4.69) is 16.7 Å². The van der Waals surface area contributed by atoms with E-state index in [1.165, 1.54) is 0 Å². The average Bonchev–Trinajstić information content (AvgIpc) is 2.91. The van der Waals surface area contributed by atoms with Crippen LogP contribution in [-0.2, 0) is 18.4 Å². The van der Waals surface area contributed by atoms with Crippen molar-refractivity contribution in [2.45, 2.75) is 26.4 Å². The van der Waals surface area contributed by atoms with Gasteiger partial charge in [-0.15, -0.1) is 0 Å². The van der Waals surface area contributed by atoms with Crippen LogP contribution >= 0.6 is 0 Å². The minimum Gasteiger partial charge on any atom is -0.340 e. The zero-order valence-corrected chi connectivity index (χ0v) is 14.9. The zero-order chi connectivity index (χ0) is 17.3. The second-order valence-electron chi connectivity index (χ2n) is 7.26. The molecule has 0 saturated carbocycles. The number of amides is 1. The van der Waals surface area contributed by atoms with Crippen molar-refractivity contribution in [3.05, 3.63) is 34.2 Å². The molecule has 2 aliphatic heterocycles. The molecule has 0 aliphatic carbocycles.